The molecule has 6 nitrogen and oxygen atoms in total. The second-order valence-electron chi connectivity index (χ2n) is 7.88. The number of carbonyl (C=O) groups excluding carboxylic acids is 2. The summed E-state index contributed by atoms with van der Waals surface area (Å²) in [4.78, 5) is 26.9. The van der Waals surface area contributed by atoms with Crippen LogP contribution in [0, 0.1) is 5.92 Å². The van der Waals surface area contributed by atoms with Gasteiger partial charge in [-0.25, -0.2) is 4.79 Å². The number of carbonyl (C=O) groups is 2. The lowest BCUT2D eigenvalue weighted by Gasteiger charge is -2.26. The summed E-state index contributed by atoms with van der Waals surface area (Å²) in [5, 5.41) is 2.93. The topological polar surface area (TPSA) is 67.9 Å². The van der Waals surface area contributed by atoms with Gasteiger partial charge in [-0.1, -0.05) is 31.4 Å². The zero-order valence-electron chi connectivity index (χ0n) is 16.8. The highest BCUT2D eigenvalue weighted by Crippen LogP contribution is 2.22. The van der Waals surface area contributed by atoms with E-state index in [4.69, 9.17) is 9.47 Å². The molecule has 1 saturated heterocycles. The van der Waals surface area contributed by atoms with Crippen molar-refractivity contribution in [3.8, 4) is 0 Å². The largest absolute Gasteiger partial charge is 0.449 e. The molecule has 1 atom stereocenters. The molecule has 6 heteroatoms. The fraction of sp³-hybridized carbons (Fsp3) is 0.636. The average molecular weight is 389 g/mol. The maximum absolute atomic E-state index is 12.3. The predicted octanol–water partition coefficient (Wildman–Crippen LogP) is 2.76. The van der Waals surface area contributed by atoms with Crippen molar-refractivity contribution in [2.45, 2.75) is 51.7 Å². The van der Waals surface area contributed by atoms with E-state index in [1.54, 1.807) is 19.1 Å². The van der Waals surface area contributed by atoms with E-state index in [0.717, 1.165) is 38.4 Å². The number of nitrogens with one attached hydrogen (secondary N) is 1. The summed E-state index contributed by atoms with van der Waals surface area (Å²) in [5.41, 5.74) is 1.62. The third-order valence-electron chi connectivity index (χ3n) is 5.64. The number of nitrogens with zero attached hydrogens (tertiary/aromatic N) is 1. The third-order valence-corrected chi connectivity index (χ3v) is 5.64. The number of benzene rings is 1. The van der Waals surface area contributed by atoms with E-state index in [1.165, 1.54) is 32.1 Å². The minimum absolute atomic E-state index is 0.220. The number of hydrogen-bond acceptors (Lipinski definition) is 5. The van der Waals surface area contributed by atoms with Gasteiger partial charge in [-0.2, -0.15) is 0 Å². The Hall–Kier alpha value is -1.92. The van der Waals surface area contributed by atoms with Crippen LogP contribution >= 0.6 is 0 Å². The molecule has 0 spiro atoms. The van der Waals surface area contributed by atoms with Crippen LogP contribution in [0.25, 0.3) is 0 Å². The predicted molar refractivity (Wildman–Crippen MR) is 107 cm³/mol. The monoisotopic (exact) mass is 388 g/mol. The Labute approximate surface area is 167 Å². The number of ether oxygens (including phenoxy) is 2. The first-order valence-corrected chi connectivity index (χ1v) is 10.5. The first kappa shape index (κ1) is 20.8. The van der Waals surface area contributed by atoms with E-state index in [0.29, 0.717) is 18.0 Å². The Kier molecular flexibility index (Phi) is 7.86. The van der Waals surface area contributed by atoms with E-state index in [2.05, 4.69) is 10.2 Å². The third kappa shape index (κ3) is 6.31. The molecule has 28 heavy (non-hydrogen) atoms. The Bertz CT molecular complexity index is 634. The molecule has 1 amide bonds. The molecule has 1 aromatic carbocycles. The van der Waals surface area contributed by atoms with Gasteiger partial charge in [-0.15, -0.1) is 0 Å². The number of amides is 1. The molecular weight excluding hydrogens is 356 g/mol. The Morgan fingerprint density at radius 1 is 1.14 bits per heavy atom. The molecule has 0 unspecified atom stereocenters. The summed E-state index contributed by atoms with van der Waals surface area (Å²) < 4.78 is 10.7. The van der Waals surface area contributed by atoms with Gasteiger partial charge in [0.15, 0.2) is 6.10 Å². The summed E-state index contributed by atoms with van der Waals surface area (Å²) in [7, 11) is 0. The smallest absolute Gasteiger partial charge is 0.338 e. The van der Waals surface area contributed by atoms with Crippen molar-refractivity contribution in [3.63, 3.8) is 0 Å². The van der Waals surface area contributed by atoms with Gasteiger partial charge >= 0.3 is 5.97 Å². The molecule has 0 radical (unpaired) electrons. The Balaban J connectivity index is 1.43. The first-order chi connectivity index (χ1) is 13.6. The van der Waals surface area contributed by atoms with Crippen molar-refractivity contribution in [1.29, 1.82) is 0 Å². The van der Waals surface area contributed by atoms with E-state index in [-0.39, 0.29) is 5.91 Å². The standard InChI is InChI=1S/C22H32N2O4/c1-17(21(25)23-15-18-5-3-2-4-6-18)28-22(26)20-9-7-19(8-10-20)16-24-11-13-27-14-12-24/h7-10,17-18H,2-6,11-16H2,1H3,(H,23,25)/t17-/m0/s1. The van der Waals surface area contributed by atoms with Gasteiger partial charge in [-0.05, 0) is 43.4 Å². The van der Waals surface area contributed by atoms with E-state index < -0.39 is 12.1 Å². The molecule has 1 heterocycles. The fourth-order valence-corrected chi connectivity index (χ4v) is 3.83. The van der Waals surface area contributed by atoms with Gasteiger partial charge in [0.25, 0.3) is 5.91 Å². The van der Waals surface area contributed by atoms with Crippen LogP contribution in [-0.4, -0.2) is 55.7 Å². The minimum Gasteiger partial charge on any atom is -0.449 e. The van der Waals surface area contributed by atoms with Crippen molar-refractivity contribution < 1.29 is 19.1 Å². The molecule has 1 aliphatic heterocycles. The number of rotatable bonds is 7. The molecule has 1 aromatic rings. The van der Waals surface area contributed by atoms with Crippen LogP contribution in [0.5, 0.6) is 0 Å². The molecule has 154 valence electrons. The van der Waals surface area contributed by atoms with Crippen molar-refractivity contribution in [2.24, 2.45) is 5.92 Å². The number of morpholine rings is 1. The van der Waals surface area contributed by atoms with Crippen LogP contribution in [0.15, 0.2) is 24.3 Å². The van der Waals surface area contributed by atoms with Gasteiger partial charge in [-0.3, -0.25) is 9.69 Å². The van der Waals surface area contributed by atoms with Crippen LogP contribution < -0.4 is 5.32 Å². The first-order valence-electron chi connectivity index (χ1n) is 10.5. The highest BCUT2D eigenvalue weighted by Gasteiger charge is 2.21. The normalized spacial score (nSPS) is 19.8. The summed E-state index contributed by atoms with van der Waals surface area (Å²) in [6.07, 6.45) is 5.34. The summed E-state index contributed by atoms with van der Waals surface area (Å²) in [5.74, 6) is -0.124. The molecule has 2 aliphatic rings. The molecule has 2 fully saturated rings. The molecule has 1 aliphatic carbocycles. The van der Waals surface area contributed by atoms with Gasteiger partial charge in [0.05, 0.1) is 18.8 Å². The van der Waals surface area contributed by atoms with Crippen molar-refractivity contribution in [3.05, 3.63) is 35.4 Å². The maximum Gasteiger partial charge on any atom is 0.338 e. The summed E-state index contributed by atoms with van der Waals surface area (Å²) in [6, 6.07) is 7.43. The fourth-order valence-electron chi connectivity index (χ4n) is 3.83. The quantitative estimate of drug-likeness (QED) is 0.728. The highest BCUT2D eigenvalue weighted by molar-refractivity contribution is 5.92. The summed E-state index contributed by atoms with van der Waals surface area (Å²) >= 11 is 0. The van der Waals surface area contributed by atoms with Gasteiger partial charge in [0.1, 0.15) is 0 Å². The SMILES string of the molecule is C[C@H](OC(=O)c1ccc(CN2CCOCC2)cc1)C(=O)NCC1CCCCC1. The Morgan fingerprint density at radius 2 is 1.82 bits per heavy atom. The van der Waals surface area contributed by atoms with Crippen LogP contribution in [0.2, 0.25) is 0 Å². The van der Waals surface area contributed by atoms with E-state index in [9.17, 15) is 9.59 Å². The van der Waals surface area contributed by atoms with Crippen LogP contribution in [0.1, 0.15) is 54.9 Å². The van der Waals surface area contributed by atoms with Crippen molar-refractivity contribution in [1.82, 2.24) is 10.2 Å². The molecule has 1 N–H and O–H groups in total. The maximum atomic E-state index is 12.3. The Morgan fingerprint density at radius 3 is 2.50 bits per heavy atom. The lowest BCUT2D eigenvalue weighted by Crippen LogP contribution is -2.38. The van der Waals surface area contributed by atoms with Gasteiger partial charge in [0, 0.05) is 26.2 Å². The van der Waals surface area contributed by atoms with Gasteiger partial charge in [0.2, 0.25) is 0 Å². The minimum atomic E-state index is -0.788. The second kappa shape index (κ2) is 10.6. The second-order valence-corrected chi connectivity index (χ2v) is 7.88. The average Bonchev–Trinajstić information content (AvgIpc) is 2.74. The lowest BCUT2D eigenvalue weighted by atomic mass is 9.89. The number of esters is 1. The molecule has 3 rings (SSSR count). The summed E-state index contributed by atoms with van der Waals surface area (Å²) in [6.45, 7) is 6.54. The molecule has 0 bridgehead atoms. The lowest BCUT2D eigenvalue weighted by molar-refractivity contribution is -0.129. The number of hydrogen-bond donors (Lipinski definition) is 1. The molecule has 1 saturated carbocycles. The van der Waals surface area contributed by atoms with Crippen LogP contribution in [-0.2, 0) is 20.8 Å². The van der Waals surface area contributed by atoms with E-state index in [1.807, 2.05) is 12.1 Å². The van der Waals surface area contributed by atoms with Crippen molar-refractivity contribution >= 4 is 11.9 Å². The van der Waals surface area contributed by atoms with Crippen LogP contribution in [0.3, 0.4) is 0 Å². The van der Waals surface area contributed by atoms with E-state index >= 15 is 0 Å². The van der Waals surface area contributed by atoms with Crippen LogP contribution in [0.4, 0.5) is 0 Å². The molecule has 0 aromatic heterocycles. The van der Waals surface area contributed by atoms with Gasteiger partial charge < -0.3 is 14.8 Å². The zero-order valence-corrected chi connectivity index (χ0v) is 16.8. The zero-order chi connectivity index (χ0) is 19.8. The molecular formula is C22H32N2O4. The van der Waals surface area contributed by atoms with Crippen molar-refractivity contribution in [2.75, 3.05) is 32.8 Å². The highest BCUT2D eigenvalue weighted by atomic mass is 16.5.